The molecule has 0 aliphatic heterocycles. The standard InChI is InChI=1S/C17H27NO/c1-17(11-5-4-6-12-17)16(18-2)13-14-7-9-15(19-3)10-8-14/h7-10,16,18H,4-6,11-13H2,1-3H3. The van der Waals surface area contributed by atoms with E-state index in [2.05, 4.69) is 43.6 Å². The van der Waals surface area contributed by atoms with Crippen molar-refractivity contribution in [2.24, 2.45) is 5.41 Å². The lowest BCUT2D eigenvalue weighted by Gasteiger charge is -2.41. The lowest BCUT2D eigenvalue weighted by Crippen LogP contribution is -2.44. The summed E-state index contributed by atoms with van der Waals surface area (Å²) in [5, 5.41) is 3.56. The summed E-state index contributed by atoms with van der Waals surface area (Å²) in [6.07, 6.45) is 8.00. The topological polar surface area (TPSA) is 21.3 Å². The van der Waals surface area contributed by atoms with Crippen LogP contribution in [0.15, 0.2) is 24.3 Å². The first-order valence-electron chi connectivity index (χ1n) is 7.48. The summed E-state index contributed by atoms with van der Waals surface area (Å²) >= 11 is 0. The normalized spacial score (nSPS) is 19.9. The second-order valence-electron chi connectivity index (χ2n) is 6.11. The van der Waals surface area contributed by atoms with E-state index in [-0.39, 0.29) is 0 Å². The molecule has 0 spiro atoms. The Hall–Kier alpha value is -1.02. The Balaban J connectivity index is 2.04. The molecule has 0 saturated heterocycles. The molecule has 1 atom stereocenters. The number of methoxy groups -OCH3 is 1. The van der Waals surface area contributed by atoms with Crippen LogP contribution in [0.4, 0.5) is 0 Å². The average Bonchev–Trinajstić information content (AvgIpc) is 2.46. The molecule has 0 heterocycles. The van der Waals surface area contributed by atoms with E-state index in [1.807, 2.05) is 0 Å². The Morgan fingerprint density at radius 2 is 1.79 bits per heavy atom. The SMILES string of the molecule is CNC(Cc1ccc(OC)cc1)C1(C)CCCCC1. The highest BCUT2D eigenvalue weighted by atomic mass is 16.5. The number of likely N-dealkylation sites (N-methyl/N-ethyl adjacent to an activating group) is 1. The van der Waals surface area contributed by atoms with Gasteiger partial charge in [-0.25, -0.2) is 0 Å². The molecule has 2 nitrogen and oxygen atoms in total. The van der Waals surface area contributed by atoms with E-state index in [4.69, 9.17) is 4.74 Å². The molecule has 19 heavy (non-hydrogen) atoms. The highest BCUT2D eigenvalue weighted by Gasteiger charge is 2.34. The number of nitrogens with one attached hydrogen (secondary N) is 1. The Labute approximate surface area is 117 Å². The monoisotopic (exact) mass is 261 g/mol. The van der Waals surface area contributed by atoms with E-state index >= 15 is 0 Å². The van der Waals surface area contributed by atoms with Crippen LogP contribution in [-0.2, 0) is 6.42 Å². The number of rotatable bonds is 5. The molecule has 1 unspecified atom stereocenters. The quantitative estimate of drug-likeness (QED) is 0.870. The first kappa shape index (κ1) is 14.4. The predicted molar refractivity (Wildman–Crippen MR) is 80.7 cm³/mol. The van der Waals surface area contributed by atoms with Crippen LogP contribution in [0.5, 0.6) is 5.75 Å². The molecule has 1 aliphatic rings. The fourth-order valence-electron chi connectivity index (χ4n) is 3.40. The summed E-state index contributed by atoms with van der Waals surface area (Å²) in [5.74, 6) is 0.939. The molecule has 2 rings (SSSR count). The minimum atomic E-state index is 0.451. The van der Waals surface area contributed by atoms with Gasteiger partial charge in [0.05, 0.1) is 7.11 Å². The van der Waals surface area contributed by atoms with Crippen molar-refractivity contribution in [3.63, 3.8) is 0 Å². The van der Waals surface area contributed by atoms with Crippen molar-refractivity contribution in [3.8, 4) is 5.75 Å². The second-order valence-corrected chi connectivity index (χ2v) is 6.11. The Morgan fingerprint density at radius 3 is 2.32 bits per heavy atom. The number of hydrogen-bond donors (Lipinski definition) is 1. The molecule has 0 radical (unpaired) electrons. The number of ether oxygens (including phenoxy) is 1. The van der Waals surface area contributed by atoms with Crippen LogP contribution in [0.2, 0.25) is 0 Å². The summed E-state index contributed by atoms with van der Waals surface area (Å²) in [7, 11) is 3.82. The average molecular weight is 261 g/mol. The molecule has 1 fully saturated rings. The van der Waals surface area contributed by atoms with Crippen LogP contribution in [0.1, 0.15) is 44.6 Å². The molecule has 0 aromatic heterocycles. The maximum Gasteiger partial charge on any atom is 0.118 e. The molecule has 1 saturated carbocycles. The zero-order valence-electron chi connectivity index (χ0n) is 12.5. The zero-order chi connectivity index (χ0) is 13.7. The van der Waals surface area contributed by atoms with Crippen LogP contribution >= 0.6 is 0 Å². The van der Waals surface area contributed by atoms with Gasteiger partial charge in [0.2, 0.25) is 0 Å². The minimum absolute atomic E-state index is 0.451. The van der Waals surface area contributed by atoms with Gasteiger partial charge in [0.1, 0.15) is 5.75 Å². The molecule has 106 valence electrons. The molecular formula is C17H27NO. The molecule has 0 bridgehead atoms. The molecule has 1 aliphatic carbocycles. The van der Waals surface area contributed by atoms with Gasteiger partial charge in [0.15, 0.2) is 0 Å². The molecule has 0 amide bonds. The van der Waals surface area contributed by atoms with Crippen molar-refractivity contribution in [1.29, 1.82) is 0 Å². The van der Waals surface area contributed by atoms with Crippen molar-refractivity contribution < 1.29 is 4.74 Å². The third-order valence-electron chi connectivity index (χ3n) is 4.78. The van der Waals surface area contributed by atoms with Crippen LogP contribution in [0.25, 0.3) is 0 Å². The third-order valence-corrected chi connectivity index (χ3v) is 4.78. The maximum absolute atomic E-state index is 5.22. The first-order chi connectivity index (χ1) is 9.18. The third kappa shape index (κ3) is 3.50. The smallest absolute Gasteiger partial charge is 0.118 e. The highest BCUT2D eigenvalue weighted by molar-refractivity contribution is 5.28. The fraction of sp³-hybridized carbons (Fsp3) is 0.647. The Bertz CT molecular complexity index is 379. The summed E-state index contributed by atoms with van der Waals surface area (Å²) in [6, 6.07) is 9.07. The van der Waals surface area contributed by atoms with E-state index in [0.717, 1.165) is 12.2 Å². The van der Waals surface area contributed by atoms with Gasteiger partial charge in [-0.15, -0.1) is 0 Å². The van der Waals surface area contributed by atoms with Gasteiger partial charge in [0.25, 0.3) is 0 Å². The van der Waals surface area contributed by atoms with Gasteiger partial charge in [-0.3, -0.25) is 0 Å². The van der Waals surface area contributed by atoms with Crippen LogP contribution in [0.3, 0.4) is 0 Å². The molecule has 1 aromatic carbocycles. The van der Waals surface area contributed by atoms with E-state index < -0.39 is 0 Å². The maximum atomic E-state index is 5.22. The molecule has 1 N–H and O–H groups in total. The molecular weight excluding hydrogens is 234 g/mol. The number of hydrogen-bond acceptors (Lipinski definition) is 2. The number of benzene rings is 1. The predicted octanol–water partition coefficient (Wildman–Crippen LogP) is 3.80. The summed E-state index contributed by atoms with van der Waals surface area (Å²) in [4.78, 5) is 0. The van der Waals surface area contributed by atoms with Gasteiger partial charge >= 0.3 is 0 Å². The summed E-state index contributed by atoms with van der Waals surface area (Å²) in [5.41, 5.74) is 1.85. The molecule has 1 aromatic rings. The minimum Gasteiger partial charge on any atom is -0.497 e. The van der Waals surface area contributed by atoms with Crippen LogP contribution in [-0.4, -0.2) is 20.2 Å². The van der Waals surface area contributed by atoms with Crippen molar-refractivity contribution in [3.05, 3.63) is 29.8 Å². The van der Waals surface area contributed by atoms with Gasteiger partial charge in [-0.1, -0.05) is 38.3 Å². The largest absolute Gasteiger partial charge is 0.497 e. The zero-order valence-corrected chi connectivity index (χ0v) is 12.5. The summed E-state index contributed by atoms with van der Waals surface area (Å²) < 4.78 is 5.22. The first-order valence-corrected chi connectivity index (χ1v) is 7.48. The van der Waals surface area contributed by atoms with Gasteiger partial charge in [-0.05, 0) is 49.4 Å². The lowest BCUT2D eigenvalue weighted by atomic mass is 9.69. The molecule has 2 heteroatoms. The van der Waals surface area contributed by atoms with E-state index in [0.29, 0.717) is 11.5 Å². The Morgan fingerprint density at radius 1 is 1.16 bits per heavy atom. The van der Waals surface area contributed by atoms with Crippen molar-refractivity contribution in [1.82, 2.24) is 5.32 Å². The van der Waals surface area contributed by atoms with Gasteiger partial charge in [-0.2, -0.15) is 0 Å². The van der Waals surface area contributed by atoms with Crippen LogP contribution in [0, 0.1) is 5.41 Å². The highest BCUT2D eigenvalue weighted by Crippen LogP contribution is 2.39. The van der Waals surface area contributed by atoms with E-state index in [1.54, 1.807) is 7.11 Å². The fourth-order valence-corrected chi connectivity index (χ4v) is 3.40. The lowest BCUT2D eigenvalue weighted by molar-refractivity contribution is 0.149. The van der Waals surface area contributed by atoms with E-state index in [9.17, 15) is 0 Å². The summed E-state index contributed by atoms with van der Waals surface area (Å²) in [6.45, 7) is 2.46. The van der Waals surface area contributed by atoms with Crippen molar-refractivity contribution in [2.75, 3.05) is 14.2 Å². The van der Waals surface area contributed by atoms with Crippen LogP contribution < -0.4 is 10.1 Å². The van der Waals surface area contributed by atoms with Crippen molar-refractivity contribution >= 4 is 0 Å². The Kier molecular flexibility index (Phi) is 4.87. The van der Waals surface area contributed by atoms with E-state index in [1.165, 1.54) is 37.7 Å². The second kappa shape index (κ2) is 6.42. The van der Waals surface area contributed by atoms with Gasteiger partial charge in [0, 0.05) is 6.04 Å². The van der Waals surface area contributed by atoms with Gasteiger partial charge < -0.3 is 10.1 Å². The van der Waals surface area contributed by atoms with Crippen molar-refractivity contribution in [2.45, 2.75) is 51.5 Å².